The third-order valence-electron chi connectivity index (χ3n) is 1.98. The molecule has 0 bridgehead atoms. The molecule has 66 valence electrons. The molecule has 0 atom stereocenters. The van der Waals surface area contributed by atoms with Gasteiger partial charge in [-0.05, 0) is 18.9 Å². The van der Waals surface area contributed by atoms with Gasteiger partial charge in [0.2, 0.25) is 0 Å². The molecule has 1 aliphatic rings. The molecule has 0 amide bonds. The van der Waals surface area contributed by atoms with E-state index in [9.17, 15) is 8.78 Å². The molecule has 0 aliphatic heterocycles. The second-order valence-electron chi connectivity index (χ2n) is 3.30. The Kier molecular flexibility index (Phi) is 1.46. The average Bonchev–Trinajstić information content (AvgIpc) is 2.66. The second kappa shape index (κ2) is 2.28. The lowest BCUT2D eigenvalue weighted by atomic mass is 10.3. The molecule has 0 saturated heterocycles. The predicted octanol–water partition coefficient (Wildman–Crippen LogP) is 2.33. The minimum atomic E-state index is -2.81. The van der Waals surface area contributed by atoms with Gasteiger partial charge < -0.3 is 0 Å². The first-order valence-corrected chi connectivity index (χ1v) is 4.01. The van der Waals surface area contributed by atoms with E-state index < -0.39 is 5.92 Å². The molecular formula is C8H10F2N2. The van der Waals surface area contributed by atoms with Crippen molar-refractivity contribution < 1.29 is 8.78 Å². The minimum Gasteiger partial charge on any atom is -0.269 e. The summed E-state index contributed by atoms with van der Waals surface area (Å²) in [4.78, 5) is 0. The van der Waals surface area contributed by atoms with E-state index in [1.807, 2.05) is 0 Å². The lowest BCUT2D eigenvalue weighted by Gasteiger charge is -2.04. The largest absolute Gasteiger partial charge is 0.288 e. The van der Waals surface area contributed by atoms with Crippen LogP contribution in [0.3, 0.4) is 0 Å². The molecular weight excluding hydrogens is 162 g/mol. The zero-order chi connectivity index (χ0) is 8.77. The molecule has 12 heavy (non-hydrogen) atoms. The van der Waals surface area contributed by atoms with Gasteiger partial charge in [0.25, 0.3) is 5.92 Å². The number of hydrogen-bond acceptors (Lipinski definition) is 1. The second-order valence-corrected chi connectivity index (χ2v) is 3.30. The summed E-state index contributed by atoms with van der Waals surface area (Å²) < 4.78 is 27.0. The summed E-state index contributed by atoms with van der Waals surface area (Å²) in [5.41, 5.74) is -0.130. The van der Waals surface area contributed by atoms with Crippen LogP contribution in [0, 0.1) is 0 Å². The summed E-state index contributed by atoms with van der Waals surface area (Å²) in [7, 11) is 0. The summed E-state index contributed by atoms with van der Waals surface area (Å²) in [5.74, 6) is -2.81. The highest BCUT2D eigenvalue weighted by Gasteiger charge is 2.30. The van der Waals surface area contributed by atoms with Crippen molar-refractivity contribution in [3.8, 4) is 0 Å². The summed E-state index contributed by atoms with van der Waals surface area (Å²) in [6.07, 6.45) is 3.76. The van der Waals surface area contributed by atoms with Gasteiger partial charge in [0.15, 0.2) is 0 Å². The number of aromatic nitrogens is 2. The van der Waals surface area contributed by atoms with E-state index in [1.54, 1.807) is 10.9 Å². The van der Waals surface area contributed by atoms with Gasteiger partial charge in [-0.1, -0.05) is 0 Å². The fourth-order valence-corrected chi connectivity index (χ4v) is 1.11. The van der Waals surface area contributed by atoms with Crippen LogP contribution >= 0.6 is 0 Å². The molecule has 0 N–H and O–H groups in total. The molecule has 2 rings (SSSR count). The lowest BCUT2D eigenvalue weighted by molar-refractivity contribution is 0.0121. The molecule has 1 fully saturated rings. The van der Waals surface area contributed by atoms with Gasteiger partial charge in [0.1, 0.15) is 5.69 Å². The van der Waals surface area contributed by atoms with Gasteiger partial charge in [0, 0.05) is 13.1 Å². The summed E-state index contributed by atoms with van der Waals surface area (Å²) in [6, 6.07) is 1.76. The fourth-order valence-electron chi connectivity index (χ4n) is 1.11. The summed E-state index contributed by atoms with van der Waals surface area (Å²) in [5, 5.41) is 3.81. The van der Waals surface area contributed by atoms with Crippen molar-refractivity contribution in [1.82, 2.24) is 9.78 Å². The average molecular weight is 172 g/mol. The number of alkyl halides is 2. The third-order valence-corrected chi connectivity index (χ3v) is 1.98. The van der Waals surface area contributed by atoms with Gasteiger partial charge in [-0.3, -0.25) is 4.68 Å². The Morgan fingerprint density at radius 2 is 2.25 bits per heavy atom. The standard InChI is InChI=1S/C8H10F2N2/c1-8(9,10)7-4-5-12(11-7)6-2-3-6/h4-6H,2-3H2,1H3. The maximum absolute atomic E-state index is 12.7. The topological polar surface area (TPSA) is 17.8 Å². The van der Waals surface area contributed by atoms with E-state index in [2.05, 4.69) is 5.10 Å². The maximum Gasteiger partial charge on any atom is 0.288 e. The lowest BCUT2D eigenvalue weighted by Crippen LogP contribution is -2.09. The Balaban J connectivity index is 2.23. The van der Waals surface area contributed by atoms with E-state index in [1.165, 1.54) is 6.07 Å². The van der Waals surface area contributed by atoms with Crippen molar-refractivity contribution in [1.29, 1.82) is 0 Å². The van der Waals surface area contributed by atoms with Crippen molar-refractivity contribution >= 4 is 0 Å². The molecule has 1 aliphatic carbocycles. The number of nitrogens with zero attached hydrogens (tertiary/aromatic N) is 2. The Morgan fingerprint density at radius 1 is 1.58 bits per heavy atom. The highest BCUT2D eigenvalue weighted by Crippen LogP contribution is 2.35. The first-order chi connectivity index (χ1) is 5.57. The van der Waals surface area contributed by atoms with Crippen molar-refractivity contribution in [2.45, 2.75) is 31.7 Å². The van der Waals surface area contributed by atoms with Crippen molar-refractivity contribution in [2.75, 3.05) is 0 Å². The van der Waals surface area contributed by atoms with Crippen LogP contribution in [-0.4, -0.2) is 9.78 Å². The molecule has 0 spiro atoms. The predicted molar refractivity (Wildman–Crippen MR) is 40.1 cm³/mol. The normalized spacial score (nSPS) is 18.2. The van der Waals surface area contributed by atoms with Crippen LogP contribution in [0.2, 0.25) is 0 Å². The highest BCUT2D eigenvalue weighted by molar-refractivity contribution is 5.06. The van der Waals surface area contributed by atoms with Gasteiger partial charge >= 0.3 is 0 Å². The smallest absolute Gasteiger partial charge is 0.269 e. The number of rotatable bonds is 2. The molecule has 0 unspecified atom stereocenters. The van der Waals surface area contributed by atoms with E-state index in [0.717, 1.165) is 19.8 Å². The molecule has 0 aromatic carbocycles. The van der Waals surface area contributed by atoms with Crippen molar-refractivity contribution in [3.05, 3.63) is 18.0 Å². The van der Waals surface area contributed by atoms with E-state index >= 15 is 0 Å². The highest BCUT2D eigenvalue weighted by atomic mass is 19.3. The van der Waals surface area contributed by atoms with Crippen molar-refractivity contribution in [3.63, 3.8) is 0 Å². The zero-order valence-electron chi connectivity index (χ0n) is 6.80. The molecule has 1 saturated carbocycles. The fraction of sp³-hybridized carbons (Fsp3) is 0.625. The molecule has 2 nitrogen and oxygen atoms in total. The van der Waals surface area contributed by atoms with Crippen LogP contribution in [0.15, 0.2) is 12.3 Å². The SMILES string of the molecule is CC(F)(F)c1ccn(C2CC2)n1. The zero-order valence-corrected chi connectivity index (χ0v) is 6.80. The quantitative estimate of drug-likeness (QED) is 0.669. The molecule has 1 heterocycles. The Labute approximate surface area is 69.2 Å². The van der Waals surface area contributed by atoms with Gasteiger partial charge in [-0.25, -0.2) is 0 Å². The van der Waals surface area contributed by atoms with Crippen LogP contribution in [0.5, 0.6) is 0 Å². The van der Waals surface area contributed by atoms with Crippen LogP contribution in [-0.2, 0) is 5.92 Å². The van der Waals surface area contributed by atoms with E-state index in [0.29, 0.717) is 6.04 Å². The van der Waals surface area contributed by atoms with Gasteiger partial charge in [0.05, 0.1) is 6.04 Å². The first-order valence-electron chi connectivity index (χ1n) is 4.01. The number of hydrogen-bond donors (Lipinski definition) is 0. The Morgan fingerprint density at radius 3 is 2.67 bits per heavy atom. The number of halogens is 2. The van der Waals surface area contributed by atoms with Crippen molar-refractivity contribution in [2.24, 2.45) is 0 Å². The minimum absolute atomic E-state index is 0.130. The summed E-state index contributed by atoms with van der Waals surface area (Å²) in [6.45, 7) is 0.868. The Hall–Kier alpha value is -0.930. The molecule has 1 aromatic heterocycles. The van der Waals surface area contributed by atoms with Crippen LogP contribution < -0.4 is 0 Å². The molecule has 4 heteroatoms. The van der Waals surface area contributed by atoms with E-state index in [-0.39, 0.29) is 5.69 Å². The van der Waals surface area contributed by atoms with Crippen LogP contribution in [0.1, 0.15) is 31.5 Å². The maximum atomic E-state index is 12.7. The van der Waals surface area contributed by atoms with Gasteiger partial charge in [-0.15, -0.1) is 0 Å². The third kappa shape index (κ3) is 1.33. The van der Waals surface area contributed by atoms with Crippen LogP contribution in [0.4, 0.5) is 8.78 Å². The molecule has 1 aromatic rings. The monoisotopic (exact) mass is 172 g/mol. The molecule has 0 radical (unpaired) electrons. The first kappa shape index (κ1) is 7.71. The van der Waals surface area contributed by atoms with Gasteiger partial charge in [-0.2, -0.15) is 13.9 Å². The Bertz CT molecular complexity index is 283. The summed E-state index contributed by atoms with van der Waals surface area (Å²) >= 11 is 0. The van der Waals surface area contributed by atoms with E-state index in [4.69, 9.17) is 0 Å². The van der Waals surface area contributed by atoms with Crippen LogP contribution in [0.25, 0.3) is 0 Å².